The number of rotatable bonds is 7. The number of aromatic amines is 1. The van der Waals surface area contributed by atoms with Gasteiger partial charge < -0.3 is 20.4 Å². The molecule has 6 nitrogen and oxygen atoms in total. The van der Waals surface area contributed by atoms with E-state index in [4.69, 9.17) is 4.74 Å². The first-order chi connectivity index (χ1) is 17.5. The van der Waals surface area contributed by atoms with Crippen molar-refractivity contribution in [2.45, 2.75) is 13.0 Å². The fourth-order valence-corrected chi connectivity index (χ4v) is 4.32. The molecule has 3 aromatic carbocycles. The van der Waals surface area contributed by atoms with Crippen LogP contribution in [0, 0.1) is 12.7 Å². The molecule has 0 fully saturated rings. The molecule has 5 aromatic rings. The number of ether oxygens (including phenoxy) is 1. The Labute approximate surface area is 208 Å². The number of aromatic nitrogens is 2. The van der Waals surface area contributed by atoms with E-state index in [0.29, 0.717) is 22.7 Å². The largest absolute Gasteiger partial charge is 0.497 e. The third-order valence-corrected chi connectivity index (χ3v) is 6.09. The summed E-state index contributed by atoms with van der Waals surface area (Å²) < 4.78 is 19.8. The number of halogens is 1. The summed E-state index contributed by atoms with van der Waals surface area (Å²) in [4.78, 5) is 20.8. The van der Waals surface area contributed by atoms with Crippen molar-refractivity contribution in [3.05, 3.63) is 119 Å². The molecule has 2 aromatic heterocycles. The van der Waals surface area contributed by atoms with Gasteiger partial charge in [0.2, 0.25) is 0 Å². The Bertz CT molecular complexity index is 1510. The van der Waals surface area contributed by atoms with Gasteiger partial charge in [0.1, 0.15) is 11.6 Å². The molecule has 0 bridgehead atoms. The number of hydrogen-bond donors (Lipinski definition) is 3. The minimum Gasteiger partial charge on any atom is -0.497 e. The molecule has 180 valence electrons. The number of methoxy groups -OCH3 is 1. The van der Waals surface area contributed by atoms with Crippen LogP contribution in [-0.4, -0.2) is 23.0 Å². The third kappa shape index (κ3) is 4.63. The molecule has 0 spiro atoms. The Kier molecular flexibility index (Phi) is 6.36. The molecule has 0 aliphatic heterocycles. The van der Waals surface area contributed by atoms with E-state index in [-0.39, 0.29) is 11.7 Å². The quantitative estimate of drug-likeness (QED) is 0.249. The van der Waals surface area contributed by atoms with E-state index in [2.05, 4.69) is 20.6 Å². The first-order valence-electron chi connectivity index (χ1n) is 11.5. The van der Waals surface area contributed by atoms with Gasteiger partial charge in [-0.2, -0.15) is 0 Å². The average molecular weight is 481 g/mol. The van der Waals surface area contributed by atoms with Gasteiger partial charge in [0.15, 0.2) is 0 Å². The van der Waals surface area contributed by atoms with Gasteiger partial charge in [-0.05, 0) is 73.7 Å². The normalized spacial score (nSPS) is 11.8. The lowest BCUT2D eigenvalue weighted by molar-refractivity contribution is 0.102. The van der Waals surface area contributed by atoms with Gasteiger partial charge in [0.05, 0.1) is 24.5 Å². The lowest BCUT2D eigenvalue weighted by Gasteiger charge is -2.21. The standard InChI is InChI=1S/C29H25FN4O2/c1-18-27(28(26-9-5-6-16-31-26)34-25-8-4-3-7-23(25)30)22-17-20(12-15-24(22)32-18)33-29(35)19-10-13-21(36-2)14-11-19/h3-17,28,32,34H,1-2H3,(H,33,35)/t28-/m0/s1. The summed E-state index contributed by atoms with van der Waals surface area (Å²) in [6.45, 7) is 1.98. The number of amides is 1. The van der Waals surface area contributed by atoms with Crippen LogP contribution in [0.15, 0.2) is 91.1 Å². The second kappa shape index (κ2) is 9.92. The highest BCUT2D eigenvalue weighted by atomic mass is 19.1. The van der Waals surface area contributed by atoms with Crippen LogP contribution in [0.3, 0.4) is 0 Å². The van der Waals surface area contributed by atoms with Crippen molar-refractivity contribution < 1.29 is 13.9 Å². The predicted molar refractivity (Wildman–Crippen MR) is 140 cm³/mol. The molecule has 5 rings (SSSR count). The molecule has 0 saturated carbocycles. The topological polar surface area (TPSA) is 79.0 Å². The maximum Gasteiger partial charge on any atom is 0.255 e. The van der Waals surface area contributed by atoms with Crippen molar-refractivity contribution in [1.82, 2.24) is 9.97 Å². The minimum absolute atomic E-state index is 0.225. The fraction of sp³-hybridized carbons (Fsp3) is 0.103. The third-order valence-electron chi connectivity index (χ3n) is 6.09. The van der Waals surface area contributed by atoms with Crippen molar-refractivity contribution in [3.63, 3.8) is 0 Å². The van der Waals surface area contributed by atoms with Gasteiger partial charge in [-0.3, -0.25) is 9.78 Å². The summed E-state index contributed by atoms with van der Waals surface area (Å²) in [7, 11) is 1.58. The number of carbonyl (C=O) groups excluding carboxylic acids is 1. The van der Waals surface area contributed by atoms with Crippen LogP contribution in [0.25, 0.3) is 10.9 Å². The van der Waals surface area contributed by atoms with Crippen molar-refractivity contribution >= 4 is 28.2 Å². The molecular weight excluding hydrogens is 455 g/mol. The van der Waals surface area contributed by atoms with Gasteiger partial charge >= 0.3 is 0 Å². The Morgan fingerprint density at radius 2 is 1.78 bits per heavy atom. The van der Waals surface area contributed by atoms with Gasteiger partial charge in [0, 0.05) is 39.6 Å². The fourth-order valence-electron chi connectivity index (χ4n) is 4.32. The van der Waals surface area contributed by atoms with Gasteiger partial charge in [-0.15, -0.1) is 0 Å². The number of para-hydroxylation sites is 1. The second-order valence-corrected chi connectivity index (χ2v) is 8.42. The van der Waals surface area contributed by atoms with E-state index in [9.17, 15) is 9.18 Å². The number of carbonyl (C=O) groups is 1. The van der Waals surface area contributed by atoms with Crippen LogP contribution in [0.4, 0.5) is 15.8 Å². The molecule has 1 atom stereocenters. The van der Waals surface area contributed by atoms with Crippen molar-refractivity contribution in [1.29, 1.82) is 0 Å². The Hall–Kier alpha value is -4.65. The predicted octanol–water partition coefficient (Wildman–Crippen LogP) is 6.47. The van der Waals surface area contributed by atoms with E-state index >= 15 is 0 Å². The molecule has 3 N–H and O–H groups in total. The van der Waals surface area contributed by atoms with E-state index in [1.54, 1.807) is 55.8 Å². The molecule has 0 aliphatic rings. The number of anilines is 2. The summed E-state index contributed by atoms with van der Waals surface area (Å²) in [5.41, 5.74) is 5.04. The molecule has 0 radical (unpaired) electrons. The van der Waals surface area contributed by atoms with Crippen molar-refractivity contribution in [2.75, 3.05) is 17.7 Å². The number of H-pyrrole nitrogens is 1. The zero-order valence-electron chi connectivity index (χ0n) is 19.9. The van der Waals surface area contributed by atoms with Crippen LogP contribution >= 0.6 is 0 Å². The summed E-state index contributed by atoms with van der Waals surface area (Å²) in [6, 6.07) is 24.4. The number of hydrogen-bond acceptors (Lipinski definition) is 4. The molecular formula is C29H25FN4O2. The van der Waals surface area contributed by atoms with Crippen LogP contribution in [0.2, 0.25) is 0 Å². The maximum atomic E-state index is 14.6. The van der Waals surface area contributed by atoms with E-state index < -0.39 is 6.04 Å². The highest BCUT2D eigenvalue weighted by Gasteiger charge is 2.23. The number of nitrogens with zero attached hydrogens (tertiary/aromatic N) is 1. The summed E-state index contributed by atoms with van der Waals surface area (Å²) in [5, 5.41) is 7.21. The second-order valence-electron chi connectivity index (χ2n) is 8.42. The van der Waals surface area contributed by atoms with E-state index in [0.717, 1.165) is 27.9 Å². The summed E-state index contributed by atoms with van der Waals surface area (Å²) in [6.07, 6.45) is 1.72. The molecule has 1 amide bonds. The van der Waals surface area contributed by atoms with Gasteiger partial charge in [-0.1, -0.05) is 18.2 Å². The highest BCUT2D eigenvalue weighted by Crippen LogP contribution is 2.35. The molecule has 0 aliphatic carbocycles. The van der Waals surface area contributed by atoms with Crippen LogP contribution < -0.4 is 15.4 Å². The minimum atomic E-state index is -0.426. The molecule has 36 heavy (non-hydrogen) atoms. The first kappa shape index (κ1) is 23.1. The smallest absolute Gasteiger partial charge is 0.255 e. The Morgan fingerprint density at radius 1 is 1.00 bits per heavy atom. The Morgan fingerprint density at radius 3 is 2.50 bits per heavy atom. The monoisotopic (exact) mass is 480 g/mol. The zero-order chi connectivity index (χ0) is 25.1. The van der Waals surface area contributed by atoms with E-state index in [1.807, 2.05) is 43.3 Å². The molecule has 0 saturated heterocycles. The first-order valence-corrected chi connectivity index (χ1v) is 11.5. The van der Waals surface area contributed by atoms with Crippen LogP contribution in [0.5, 0.6) is 5.75 Å². The highest BCUT2D eigenvalue weighted by molar-refractivity contribution is 6.05. The van der Waals surface area contributed by atoms with Crippen LogP contribution in [-0.2, 0) is 0 Å². The van der Waals surface area contributed by atoms with Gasteiger partial charge in [-0.25, -0.2) is 4.39 Å². The number of pyridine rings is 1. The number of fused-ring (bicyclic) bond motifs is 1. The zero-order valence-corrected chi connectivity index (χ0v) is 19.9. The lowest BCUT2D eigenvalue weighted by Crippen LogP contribution is -2.15. The van der Waals surface area contributed by atoms with Crippen LogP contribution in [0.1, 0.15) is 33.4 Å². The van der Waals surface area contributed by atoms with Crippen molar-refractivity contribution in [3.8, 4) is 5.75 Å². The molecule has 7 heteroatoms. The summed E-state index contributed by atoms with van der Waals surface area (Å²) >= 11 is 0. The number of benzene rings is 3. The van der Waals surface area contributed by atoms with Crippen molar-refractivity contribution in [2.24, 2.45) is 0 Å². The number of nitrogens with one attached hydrogen (secondary N) is 3. The lowest BCUT2D eigenvalue weighted by atomic mass is 9.98. The number of aryl methyl sites for hydroxylation is 1. The van der Waals surface area contributed by atoms with Gasteiger partial charge in [0.25, 0.3) is 5.91 Å². The average Bonchev–Trinajstić information content (AvgIpc) is 3.23. The molecule has 0 unspecified atom stereocenters. The molecule has 2 heterocycles. The summed E-state index contributed by atoms with van der Waals surface area (Å²) in [5.74, 6) is 0.114. The van der Waals surface area contributed by atoms with E-state index in [1.165, 1.54) is 6.07 Å². The maximum absolute atomic E-state index is 14.6. The SMILES string of the molecule is COc1ccc(C(=O)Nc2ccc3[nH]c(C)c([C@@H](Nc4ccccc4F)c4ccccn4)c3c2)cc1. The Balaban J connectivity index is 1.54.